The first-order chi connectivity index (χ1) is 24.6. The maximum absolute atomic E-state index is 13.5. The van der Waals surface area contributed by atoms with E-state index in [1.165, 1.54) is 0 Å². The monoisotopic (exact) mass is 735 g/mol. The van der Waals surface area contributed by atoms with E-state index in [1.807, 2.05) is 5.32 Å². The van der Waals surface area contributed by atoms with Crippen LogP contribution in [-0.4, -0.2) is 130 Å². The molecule has 1 aliphatic heterocycles. The molecule has 0 unspecified atom stereocenters. The molecule has 6 amide bonds. The van der Waals surface area contributed by atoms with Crippen molar-refractivity contribution in [3.05, 3.63) is 35.9 Å². The molecule has 11 N–H and O–H groups in total. The fourth-order valence-corrected chi connectivity index (χ4v) is 5.02. The normalized spacial score (nSPS) is 16.5. The zero-order chi connectivity index (χ0) is 38.8. The van der Waals surface area contributed by atoms with Crippen LogP contribution in [0.2, 0.25) is 0 Å². The zero-order valence-corrected chi connectivity index (χ0v) is 28.4. The number of hydrogen-bond donors (Lipinski definition) is 11. The number of aliphatic carboxylic acids is 3. The Balaban J connectivity index is 2.09. The number of aliphatic hydroxyl groups is 1. The van der Waals surface area contributed by atoms with Crippen molar-refractivity contribution in [2.24, 2.45) is 0 Å². The van der Waals surface area contributed by atoms with E-state index in [1.54, 1.807) is 30.3 Å². The SMILES string of the molecule is C[C@@H](O)[C@H](NC(=O)CNC(=O)[C@H](CCC(=O)O)NC(=O)[C@H](Cc1ccccc1)NC(=O)CNC(=O)[C@@H]1CCCN1)C(=O)N[C@@H](CCC(=O)O)C(=O)O. The lowest BCUT2D eigenvalue weighted by molar-refractivity contribution is -0.144. The predicted octanol–water partition coefficient (Wildman–Crippen LogP) is -3.65. The first-order valence-corrected chi connectivity index (χ1v) is 16.4. The maximum Gasteiger partial charge on any atom is 0.326 e. The van der Waals surface area contributed by atoms with Gasteiger partial charge in [0.05, 0.1) is 25.2 Å². The van der Waals surface area contributed by atoms with Gasteiger partial charge in [0.2, 0.25) is 35.4 Å². The average Bonchev–Trinajstić information content (AvgIpc) is 3.63. The minimum absolute atomic E-state index is 0.0476. The summed E-state index contributed by atoms with van der Waals surface area (Å²) in [5.74, 6) is -9.35. The van der Waals surface area contributed by atoms with Crippen molar-refractivity contribution >= 4 is 53.4 Å². The lowest BCUT2D eigenvalue weighted by Gasteiger charge is -2.24. The molecule has 20 nitrogen and oxygen atoms in total. The predicted molar refractivity (Wildman–Crippen MR) is 178 cm³/mol. The number of carbonyl (C=O) groups excluding carboxylic acids is 6. The average molecular weight is 736 g/mol. The van der Waals surface area contributed by atoms with Gasteiger partial charge < -0.3 is 57.6 Å². The Hall–Kier alpha value is -5.63. The highest BCUT2D eigenvalue weighted by Crippen LogP contribution is 2.07. The Morgan fingerprint density at radius 1 is 0.731 bits per heavy atom. The molecular weight excluding hydrogens is 690 g/mol. The van der Waals surface area contributed by atoms with Crippen LogP contribution in [0.3, 0.4) is 0 Å². The Morgan fingerprint density at radius 3 is 1.87 bits per heavy atom. The summed E-state index contributed by atoms with van der Waals surface area (Å²) in [5.41, 5.74) is 0.624. The van der Waals surface area contributed by atoms with Crippen molar-refractivity contribution in [1.29, 1.82) is 0 Å². The third-order valence-electron chi connectivity index (χ3n) is 7.78. The van der Waals surface area contributed by atoms with E-state index in [0.29, 0.717) is 18.5 Å². The second-order valence-electron chi connectivity index (χ2n) is 12.0. The number of hydrogen-bond acceptors (Lipinski definition) is 11. The van der Waals surface area contributed by atoms with E-state index < -0.39 is 123 Å². The molecule has 52 heavy (non-hydrogen) atoms. The van der Waals surface area contributed by atoms with Crippen LogP contribution in [0.1, 0.15) is 51.0 Å². The number of amides is 6. The number of carboxylic acid groups (broad SMARTS) is 3. The van der Waals surface area contributed by atoms with Gasteiger partial charge >= 0.3 is 17.9 Å². The van der Waals surface area contributed by atoms with Gasteiger partial charge in [0, 0.05) is 19.3 Å². The highest BCUT2D eigenvalue weighted by Gasteiger charge is 2.32. The van der Waals surface area contributed by atoms with Gasteiger partial charge in [-0.05, 0) is 44.7 Å². The van der Waals surface area contributed by atoms with E-state index >= 15 is 0 Å². The zero-order valence-electron chi connectivity index (χ0n) is 28.4. The first kappa shape index (κ1) is 42.5. The highest BCUT2D eigenvalue weighted by atomic mass is 16.4. The third-order valence-corrected chi connectivity index (χ3v) is 7.78. The van der Waals surface area contributed by atoms with Crippen LogP contribution < -0.4 is 37.2 Å². The summed E-state index contributed by atoms with van der Waals surface area (Å²) in [6.45, 7) is 0.490. The Bertz CT molecular complexity index is 1450. The van der Waals surface area contributed by atoms with Crippen molar-refractivity contribution in [3.8, 4) is 0 Å². The Labute approximate surface area is 297 Å². The van der Waals surface area contributed by atoms with Gasteiger partial charge in [-0.3, -0.25) is 38.4 Å². The second kappa shape index (κ2) is 21.6. The minimum Gasteiger partial charge on any atom is -0.481 e. The lowest BCUT2D eigenvalue weighted by Crippen LogP contribution is -2.58. The molecule has 286 valence electrons. The van der Waals surface area contributed by atoms with Gasteiger partial charge in [-0.25, -0.2) is 4.79 Å². The second-order valence-corrected chi connectivity index (χ2v) is 12.0. The van der Waals surface area contributed by atoms with Crippen LogP contribution in [0.15, 0.2) is 30.3 Å². The summed E-state index contributed by atoms with van der Waals surface area (Å²) in [7, 11) is 0. The first-order valence-electron chi connectivity index (χ1n) is 16.4. The molecule has 1 saturated heterocycles. The fourth-order valence-electron chi connectivity index (χ4n) is 5.02. The molecule has 0 bridgehead atoms. The smallest absolute Gasteiger partial charge is 0.326 e. The quantitative estimate of drug-likeness (QED) is 0.0547. The molecular formula is C32H45N7O13. The summed E-state index contributed by atoms with van der Waals surface area (Å²) in [6.07, 6.45) is -2.31. The van der Waals surface area contributed by atoms with Crippen LogP contribution in [0, 0.1) is 0 Å². The van der Waals surface area contributed by atoms with Crippen LogP contribution >= 0.6 is 0 Å². The van der Waals surface area contributed by atoms with E-state index in [9.17, 15) is 58.5 Å². The molecule has 2 rings (SSSR count). The van der Waals surface area contributed by atoms with Gasteiger partial charge in [0.15, 0.2) is 0 Å². The van der Waals surface area contributed by atoms with Crippen molar-refractivity contribution in [2.45, 2.75) is 88.2 Å². The summed E-state index contributed by atoms with van der Waals surface area (Å²) in [4.78, 5) is 111. The fraction of sp³-hybridized carbons (Fsp3) is 0.531. The van der Waals surface area contributed by atoms with Crippen LogP contribution in [-0.2, 0) is 49.6 Å². The van der Waals surface area contributed by atoms with Crippen molar-refractivity contribution in [1.82, 2.24) is 37.2 Å². The summed E-state index contributed by atoms with van der Waals surface area (Å²) < 4.78 is 0. The van der Waals surface area contributed by atoms with Crippen LogP contribution in [0.25, 0.3) is 0 Å². The minimum atomic E-state index is -1.72. The van der Waals surface area contributed by atoms with Crippen LogP contribution in [0.4, 0.5) is 0 Å². The number of nitrogens with one attached hydrogen (secondary N) is 7. The molecule has 0 aromatic heterocycles. The van der Waals surface area contributed by atoms with Gasteiger partial charge in [-0.15, -0.1) is 0 Å². The Morgan fingerprint density at radius 2 is 1.31 bits per heavy atom. The van der Waals surface area contributed by atoms with Crippen LogP contribution in [0.5, 0.6) is 0 Å². The van der Waals surface area contributed by atoms with E-state index in [2.05, 4.69) is 31.9 Å². The molecule has 0 spiro atoms. The number of rotatable bonds is 22. The molecule has 1 aliphatic rings. The number of aliphatic hydroxyl groups excluding tert-OH is 1. The van der Waals surface area contributed by atoms with E-state index in [-0.39, 0.29) is 12.3 Å². The molecule has 6 atom stereocenters. The van der Waals surface area contributed by atoms with Gasteiger partial charge in [-0.2, -0.15) is 0 Å². The number of benzene rings is 1. The van der Waals surface area contributed by atoms with Crippen molar-refractivity contribution in [2.75, 3.05) is 19.6 Å². The molecule has 0 saturated carbocycles. The third kappa shape index (κ3) is 15.5. The molecule has 1 aromatic carbocycles. The molecule has 1 aromatic rings. The summed E-state index contributed by atoms with van der Waals surface area (Å²) in [6, 6.07) is 1.88. The molecule has 0 aliphatic carbocycles. The largest absolute Gasteiger partial charge is 0.481 e. The van der Waals surface area contributed by atoms with Gasteiger partial charge in [-0.1, -0.05) is 30.3 Å². The van der Waals surface area contributed by atoms with E-state index in [4.69, 9.17) is 5.11 Å². The standard InChI is InChI=1S/C32H45N7O13/c1-17(40)27(31(50)38-21(32(51)52)10-12-26(45)46)39-24(42)16-35-29(48)20(9-11-25(43)44)37-30(49)22(14-18-6-3-2-4-7-18)36-23(41)15-34-28(47)19-8-5-13-33-19/h2-4,6-7,17,19-22,27,33,40H,5,8-16H2,1H3,(H,34,47)(H,35,48)(H,36,41)(H,37,49)(H,38,50)(H,39,42)(H,43,44)(H,45,46)(H,51,52)/t17-,19+,20+,21+,22+,27+/m1/s1. The molecule has 0 radical (unpaired) electrons. The highest BCUT2D eigenvalue weighted by molar-refractivity contribution is 5.96. The Kier molecular flexibility index (Phi) is 17.6. The summed E-state index contributed by atoms with van der Waals surface area (Å²) in [5, 5.41) is 54.2. The van der Waals surface area contributed by atoms with Crippen molar-refractivity contribution in [3.63, 3.8) is 0 Å². The topological polar surface area (TPSA) is 319 Å². The van der Waals surface area contributed by atoms with Gasteiger partial charge in [0.1, 0.15) is 24.2 Å². The molecule has 1 fully saturated rings. The summed E-state index contributed by atoms with van der Waals surface area (Å²) >= 11 is 0. The molecule has 20 heteroatoms. The van der Waals surface area contributed by atoms with E-state index in [0.717, 1.165) is 13.3 Å². The van der Waals surface area contributed by atoms with Gasteiger partial charge in [0.25, 0.3) is 0 Å². The number of carbonyl (C=O) groups is 9. The maximum atomic E-state index is 13.5. The van der Waals surface area contributed by atoms with Crippen molar-refractivity contribution < 1.29 is 63.6 Å². The molecule has 1 heterocycles. The number of carboxylic acids is 3. The lowest BCUT2D eigenvalue weighted by atomic mass is 10.0.